The van der Waals surface area contributed by atoms with Crippen LogP contribution in [0.4, 0.5) is 0 Å². The molecule has 0 amide bonds. The molecule has 0 aliphatic rings. The lowest BCUT2D eigenvalue weighted by molar-refractivity contribution is 0.200. The van der Waals surface area contributed by atoms with E-state index in [2.05, 4.69) is 55.4 Å². The SMILES string of the molecule is CC(C)CC(C)(C)C(C)C.CC(C)CC(C)(C)S(=O)(=O)C(C)C. The normalized spacial score (nSPS) is 13.7. The van der Waals surface area contributed by atoms with Crippen LogP contribution >= 0.6 is 0 Å². The molecule has 0 spiro atoms. The highest BCUT2D eigenvalue weighted by Crippen LogP contribution is 2.33. The van der Waals surface area contributed by atoms with Crippen LogP contribution in [0.25, 0.3) is 0 Å². The summed E-state index contributed by atoms with van der Waals surface area (Å²) in [4.78, 5) is 0. The van der Waals surface area contributed by atoms with Crippen molar-refractivity contribution >= 4 is 9.84 Å². The van der Waals surface area contributed by atoms with Gasteiger partial charge in [0.05, 0.1) is 10.00 Å². The molecule has 0 saturated carbocycles. The second-order valence-electron chi connectivity index (χ2n) is 9.69. The van der Waals surface area contributed by atoms with E-state index in [0.717, 1.165) is 18.3 Å². The van der Waals surface area contributed by atoms with Crippen molar-refractivity contribution in [2.75, 3.05) is 0 Å². The van der Waals surface area contributed by atoms with E-state index in [0.29, 0.717) is 11.3 Å². The summed E-state index contributed by atoms with van der Waals surface area (Å²) in [5.74, 6) is 2.05. The summed E-state index contributed by atoms with van der Waals surface area (Å²) < 4.78 is 23.2. The van der Waals surface area contributed by atoms with E-state index < -0.39 is 14.6 Å². The van der Waals surface area contributed by atoms with Crippen molar-refractivity contribution < 1.29 is 8.42 Å². The zero-order valence-corrected chi connectivity index (χ0v) is 18.8. The van der Waals surface area contributed by atoms with Crippen molar-refractivity contribution in [3.05, 3.63) is 0 Å². The molecular weight excluding hydrogens is 304 g/mol. The Morgan fingerprint density at radius 3 is 1.22 bits per heavy atom. The first-order valence-corrected chi connectivity index (χ1v) is 10.8. The third-order valence-electron chi connectivity index (χ3n) is 4.79. The van der Waals surface area contributed by atoms with Crippen LogP contribution < -0.4 is 0 Å². The van der Waals surface area contributed by atoms with Gasteiger partial charge in [0, 0.05) is 0 Å². The van der Waals surface area contributed by atoms with Crippen molar-refractivity contribution in [2.24, 2.45) is 23.2 Å². The Hall–Kier alpha value is -0.0500. The van der Waals surface area contributed by atoms with E-state index in [9.17, 15) is 8.42 Å². The van der Waals surface area contributed by atoms with Crippen molar-refractivity contribution in [3.63, 3.8) is 0 Å². The molecule has 2 nitrogen and oxygen atoms in total. The van der Waals surface area contributed by atoms with Crippen LogP contribution in [0.5, 0.6) is 0 Å². The quantitative estimate of drug-likeness (QED) is 0.537. The molecule has 0 aliphatic carbocycles. The van der Waals surface area contributed by atoms with Gasteiger partial charge in [-0.25, -0.2) is 8.42 Å². The Bertz CT molecular complexity index is 413. The molecule has 142 valence electrons. The summed E-state index contributed by atoms with van der Waals surface area (Å²) in [6, 6.07) is 0. The molecule has 0 heterocycles. The molecule has 0 aromatic carbocycles. The van der Waals surface area contributed by atoms with Crippen molar-refractivity contribution in [1.29, 1.82) is 0 Å². The van der Waals surface area contributed by atoms with E-state index in [-0.39, 0.29) is 5.25 Å². The third-order valence-corrected chi connectivity index (χ3v) is 7.74. The molecule has 0 unspecified atom stereocenters. The van der Waals surface area contributed by atoms with Crippen molar-refractivity contribution in [2.45, 2.75) is 106 Å². The molecule has 23 heavy (non-hydrogen) atoms. The summed E-state index contributed by atoms with van der Waals surface area (Å²) in [7, 11) is -2.97. The lowest BCUT2D eigenvalue weighted by Crippen LogP contribution is -2.38. The second-order valence-corrected chi connectivity index (χ2v) is 12.8. The van der Waals surface area contributed by atoms with Crippen LogP contribution in [0.15, 0.2) is 0 Å². The fraction of sp³-hybridized carbons (Fsp3) is 1.00. The summed E-state index contributed by atoms with van der Waals surface area (Å²) >= 11 is 0. The van der Waals surface area contributed by atoms with Crippen LogP contribution in [0.2, 0.25) is 0 Å². The Kier molecular flexibility index (Phi) is 10.3. The van der Waals surface area contributed by atoms with Gasteiger partial charge >= 0.3 is 0 Å². The molecule has 0 N–H and O–H groups in total. The smallest absolute Gasteiger partial charge is 0.157 e. The van der Waals surface area contributed by atoms with Crippen molar-refractivity contribution in [3.8, 4) is 0 Å². The highest BCUT2D eigenvalue weighted by atomic mass is 32.2. The minimum atomic E-state index is -2.97. The summed E-state index contributed by atoms with van der Waals surface area (Å²) in [5.41, 5.74) is 0.522. The maximum Gasteiger partial charge on any atom is 0.157 e. The monoisotopic (exact) mass is 348 g/mol. The van der Waals surface area contributed by atoms with E-state index in [1.807, 2.05) is 13.8 Å². The maximum atomic E-state index is 11.9. The van der Waals surface area contributed by atoms with Crippen LogP contribution in [0.1, 0.15) is 95.9 Å². The first-order chi connectivity index (χ1) is 9.97. The summed E-state index contributed by atoms with van der Waals surface area (Å²) in [5, 5.41) is -0.277. The summed E-state index contributed by atoms with van der Waals surface area (Å²) in [6.07, 6.45) is 2.07. The molecule has 0 saturated heterocycles. The number of sulfone groups is 1. The van der Waals surface area contributed by atoms with E-state index in [1.54, 1.807) is 13.8 Å². The predicted octanol–water partition coefficient (Wildman–Crippen LogP) is 6.35. The van der Waals surface area contributed by atoms with Crippen molar-refractivity contribution in [1.82, 2.24) is 0 Å². The molecule has 0 atom stereocenters. The van der Waals surface area contributed by atoms with Crippen LogP contribution in [-0.4, -0.2) is 18.4 Å². The lowest BCUT2D eigenvalue weighted by atomic mass is 9.75. The van der Waals surface area contributed by atoms with Gasteiger partial charge in [-0.2, -0.15) is 0 Å². The molecule has 3 heteroatoms. The minimum Gasteiger partial charge on any atom is -0.228 e. The maximum absolute atomic E-state index is 11.9. The van der Waals surface area contributed by atoms with Crippen LogP contribution in [0.3, 0.4) is 0 Å². The topological polar surface area (TPSA) is 34.1 Å². The fourth-order valence-corrected chi connectivity index (χ4v) is 4.87. The zero-order chi connectivity index (χ0) is 19.2. The van der Waals surface area contributed by atoms with Gasteiger partial charge in [-0.05, 0) is 63.7 Å². The van der Waals surface area contributed by atoms with Crippen LogP contribution in [-0.2, 0) is 9.84 Å². The average molecular weight is 349 g/mol. The fourth-order valence-electron chi connectivity index (χ4n) is 3.03. The Balaban J connectivity index is 0. The molecule has 0 rings (SSSR count). The van der Waals surface area contributed by atoms with Gasteiger partial charge in [-0.15, -0.1) is 0 Å². The standard InChI is InChI=1S/C10H22O2S.C10H22/c1-8(2)7-10(5,6)13(11,12)9(3)4;1-8(2)7-10(5,6)9(3)4/h8-9H,7H2,1-6H3;8-9H,7H2,1-6H3. The largest absolute Gasteiger partial charge is 0.228 e. The molecular formula is C20H44O2S. The molecule has 0 aromatic rings. The van der Waals surface area contributed by atoms with E-state index in [1.165, 1.54) is 6.42 Å². The molecule has 0 fully saturated rings. The second kappa shape index (κ2) is 9.44. The minimum absolute atomic E-state index is 0.277. The first-order valence-electron chi connectivity index (χ1n) is 9.20. The third kappa shape index (κ3) is 9.12. The number of rotatable bonds is 7. The Morgan fingerprint density at radius 2 is 1.04 bits per heavy atom. The zero-order valence-electron chi connectivity index (χ0n) is 17.9. The molecule has 0 aromatic heterocycles. The highest BCUT2D eigenvalue weighted by Gasteiger charge is 2.36. The highest BCUT2D eigenvalue weighted by molar-refractivity contribution is 7.93. The van der Waals surface area contributed by atoms with E-state index >= 15 is 0 Å². The van der Waals surface area contributed by atoms with Gasteiger partial charge in [0.25, 0.3) is 0 Å². The molecule has 0 bridgehead atoms. The lowest BCUT2D eigenvalue weighted by Gasteiger charge is -2.30. The Labute approximate surface area is 147 Å². The van der Waals surface area contributed by atoms with Gasteiger partial charge in [-0.1, -0.05) is 55.4 Å². The van der Waals surface area contributed by atoms with Gasteiger partial charge in [-0.3, -0.25) is 0 Å². The Morgan fingerprint density at radius 1 is 0.696 bits per heavy atom. The predicted molar refractivity (Wildman–Crippen MR) is 106 cm³/mol. The average Bonchev–Trinajstić information content (AvgIpc) is 2.25. The number of hydrogen-bond acceptors (Lipinski definition) is 2. The van der Waals surface area contributed by atoms with Crippen LogP contribution in [0, 0.1) is 23.2 Å². The first kappa shape index (κ1) is 25.2. The molecule has 0 radical (unpaired) electrons. The molecule has 0 aliphatic heterocycles. The van der Waals surface area contributed by atoms with Gasteiger partial charge in [0.1, 0.15) is 0 Å². The van der Waals surface area contributed by atoms with Gasteiger partial charge < -0.3 is 0 Å². The van der Waals surface area contributed by atoms with E-state index in [4.69, 9.17) is 0 Å². The van der Waals surface area contributed by atoms with Gasteiger partial charge in [0.2, 0.25) is 0 Å². The summed E-state index contributed by atoms with van der Waals surface area (Å²) in [6.45, 7) is 25.2. The number of hydrogen-bond donors (Lipinski definition) is 0. The van der Waals surface area contributed by atoms with Gasteiger partial charge in [0.15, 0.2) is 9.84 Å².